The molecule has 0 bridgehead atoms. The Morgan fingerprint density at radius 1 is 1.37 bits per heavy atom. The molecule has 2 aromatic rings. The molecular formula is C23H25ClF4N4O3. The summed E-state index contributed by atoms with van der Waals surface area (Å²) in [7, 11) is 2.94. The summed E-state index contributed by atoms with van der Waals surface area (Å²) in [5.74, 6) is -2.28. The third-order valence-corrected chi connectivity index (χ3v) is 5.10. The van der Waals surface area contributed by atoms with Gasteiger partial charge in [-0.1, -0.05) is 24.3 Å². The summed E-state index contributed by atoms with van der Waals surface area (Å²) < 4.78 is 60.1. The molecule has 0 atom stereocenters. The first-order valence-electron chi connectivity index (χ1n) is 10.2. The molecule has 0 saturated carbocycles. The second-order valence-electron chi connectivity index (χ2n) is 8.08. The highest BCUT2D eigenvalue weighted by Crippen LogP contribution is 2.33. The molecule has 0 aliphatic heterocycles. The average Bonchev–Trinajstić information content (AvgIpc) is 3.16. The first-order valence-corrected chi connectivity index (χ1v) is 10.5. The highest BCUT2D eigenvalue weighted by Gasteiger charge is 2.31. The van der Waals surface area contributed by atoms with Crippen molar-refractivity contribution in [2.24, 2.45) is 12.0 Å². The summed E-state index contributed by atoms with van der Waals surface area (Å²) in [5.41, 5.74) is -1.63. The van der Waals surface area contributed by atoms with Crippen LogP contribution in [-0.2, 0) is 12.6 Å². The quantitative estimate of drug-likeness (QED) is 0.298. The van der Waals surface area contributed by atoms with Crippen molar-refractivity contribution in [3.8, 4) is 17.0 Å². The smallest absolute Gasteiger partial charge is 0.422 e. The van der Waals surface area contributed by atoms with E-state index >= 15 is 4.39 Å². The van der Waals surface area contributed by atoms with Gasteiger partial charge in [-0.2, -0.15) is 13.2 Å². The topological polar surface area (TPSA) is 88.7 Å². The van der Waals surface area contributed by atoms with Crippen molar-refractivity contribution < 1.29 is 32.2 Å². The molecule has 0 saturated heterocycles. The molecule has 7 nitrogen and oxygen atoms in total. The van der Waals surface area contributed by atoms with Gasteiger partial charge in [0.2, 0.25) is 0 Å². The predicted octanol–water partition coefficient (Wildman–Crippen LogP) is 4.85. The molecule has 0 aliphatic carbocycles. The number of halogens is 5. The van der Waals surface area contributed by atoms with Crippen molar-refractivity contribution >= 4 is 22.7 Å². The van der Waals surface area contributed by atoms with Crippen LogP contribution in [0.2, 0.25) is 0 Å². The maximum absolute atomic E-state index is 15.1. The van der Waals surface area contributed by atoms with Crippen molar-refractivity contribution in [3.63, 3.8) is 0 Å². The lowest BCUT2D eigenvalue weighted by Gasteiger charge is -2.16. The number of aryl methyl sites for hydroxylation is 1. The van der Waals surface area contributed by atoms with Gasteiger partial charge in [-0.05, 0) is 38.5 Å². The molecule has 1 aromatic carbocycles. The van der Waals surface area contributed by atoms with Gasteiger partial charge in [0.05, 0.1) is 17.0 Å². The molecule has 2 rings (SSSR count). The number of benzene rings is 1. The number of aliphatic imine (C=N–C) groups is 1. The van der Waals surface area contributed by atoms with E-state index in [-0.39, 0.29) is 27.9 Å². The van der Waals surface area contributed by atoms with Crippen molar-refractivity contribution in [2.75, 3.05) is 13.7 Å². The SMILES string of the molecule is C=C/C(C)=C(/NC(=O)c1cc(F)c(-c2cn(C)c(C(C)(C)O)n2)cc1OCC(F)(F)F)C(Cl)=NC. The molecule has 190 valence electrons. The summed E-state index contributed by atoms with van der Waals surface area (Å²) in [5, 5.41) is 12.6. The number of carbonyl (C=O) groups is 1. The minimum atomic E-state index is -4.72. The summed E-state index contributed by atoms with van der Waals surface area (Å²) in [6.07, 6.45) is -1.94. The third-order valence-electron chi connectivity index (χ3n) is 4.75. The van der Waals surface area contributed by atoms with Crippen molar-refractivity contribution in [3.05, 3.63) is 59.5 Å². The van der Waals surface area contributed by atoms with Gasteiger partial charge >= 0.3 is 6.18 Å². The van der Waals surface area contributed by atoms with Gasteiger partial charge in [0.25, 0.3) is 5.91 Å². The van der Waals surface area contributed by atoms with Crippen LogP contribution in [0.4, 0.5) is 17.6 Å². The molecule has 0 unspecified atom stereocenters. The second-order valence-corrected chi connectivity index (χ2v) is 8.44. The summed E-state index contributed by atoms with van der Waals surface area (Å²) in [6, 6.07) is 1.69. The largest absolute Gasteiger partial charge is 0.483 e. The molecule has 12 heteroatoms. The van der Waals surface area contributed by atoms with Crippen molar-refractivity contribution in [2.45, 2.75) is 32.5 Å². The lowest BCUT2D eigenvalue weighted by atomic mass is 10.1. The maximum atomic E-state index is 15.1. The Labute approximate surface area is 204 Å². The second kappa shape index (κ2) is 10.6. The van der Waals surface area contributed by atoms with Crippen LogP contribution in [0.5, 0.6) is 5.75 Å². The van der Waals surface area contributed by atoms with Gasteiger partial charge in [-0.25, -0.2) is 9.37 Å². The number of nitrogens with zero attached hydrogens (tertiary/aromatic N) is 3. The minimum absolute atomic E-state index is 0.0233. The zero-order chi connectivity index (χ0) is 26.7. The number of allylic oxidation sites excluding steroid dienone is 3. The van der Waals surface area contributed by atoms with Crippen LogP contribution < -0.4 is 10.1 Å². The molecule has 1 heterocycles. The number of alkyl halides is 3. The summed E-state index contributed by atoms with van der Waals surface area (Å²) in [4.78, 5) is 20.9. The van der Waals surface area contributed by atoms with Crippen LogP contribution in [-0.4, -0.2) is 45.6 Å². The Kier molecular flexibility index (Phi) is 8.51. The number of carbonyl (C=O) groups excluding carboxylic acids is 1. The van der Waals surface area contributed by atoms with Gasteiger partial charge in [-0.15, -0.1) is 0 Å². The van der Waals surface area contributed by atoms with Gasteiger partial charge in [0, 0.05) is 25.9 Å². The van der Waals surface area contributed by atoms with Crippen LogP contribution in [0.3, 0.4) is 0 Å². The summed E-state index contributed by atoms with van der Waals surface area (Å²) >= 11 is 6.03. The van der Waals surface area contributed by atoms with Crippen LogP contribution in [0, 0.1) is 5.82 Å². The zero-order valence-electron chi connectivity index (χ0n) is 19.7. The van der Waals surface area contributed by atoms with E-state index < -0.39 is 41.4 Å². The van der Waals surface area contributed by atoms with Crippen molar-refractivity contribution in [1.82, 2.24) is 14.9 Å². The Hall–Kier alpha value is -3.18. The number of ether oxygens (including phenoxy) is 1. The fraction of sp³-hybridized carbons (Fsp3) is 0.348. The fourth-order valence-corrected chi connectivity index (χ4v) is 3.27. The van der Waals surface area contributed by atoms with E-state index in [0.29, 0.717) is 5.57 Å². The molecule has 1 aromatic heterocycles. The van der Waals surface area contributed by atoms with Crippen LogP contribution in [0.15, 0.2) is 47.2 Å². The van der Waals surface area contributed by atoms with E-state index in [4.69, 9.17) is 16.3 Å². The number of aromatic nitrogens is 2. The van der Waals surface area contributed by atoms with E-state index in [0.717, 1.165) is 12.1 Å². The Morgan fingerprint density at radius 3 is 2.49 bits per heavy atom. The van der Waals surface area contributed by atoms with Crippen LogP contribution in [0.1, 0.15) is 37.0 Å². The Bertz CT molecular complexity index is 1190. The van der Waals surface area contributed by atoms with Gasteiger partial charge in [0.1, 0.15) is 28.2 Å². The Morgan fingerprint density at radius 2 is 2.00 bits per heavy atom. The van der Waals surface area contributed by atoms with Gasteiger partial charge in [-0.3, -0.25) is 9.79 Å². The van der Waals surface area contributed by atoms with Crippen LogP contribution in [0.25, 0.3) is 11.3 Å². The number of hydrogen-bond acceptors (Lipinski definition) is 5. The number of imidazole rings is 1. The minimum Gasteiger partial charge on any atom is -0.483 e. The fourth-order valence-electron chi connectivity index (χ4n) is 3.08. The number of aliphatic hydroxyl groups is 1. The Balaban J connectivity index is 2.63. The first-order chi connectivity index (χ1) is 16.1. The normalized spacial score (nSPS) is 13.4. The first kappa shape index (κ1) is 28.1. The molecule has 2 N–H and O–H groups in total. The third kappa shape index (κ3) is 6.92. The number of rotatable bonds is 8. The van der Waals surface area contributed by atoms with Crippen LogP contribution >= 0.6 is 11.6 Å². The number of hydrogen-bond donors (Lipinski definition) is 2. The number of nitrogens with one attached hydrogen (secondary N) is 1. The summed E-state index contributed by atoms with van der Waals surface area (Å²) in [6.45, 7) is 6.38. The van der Waals surface area contributed by atoms with E-state index in [9.17, 15) is 23.1 Å². The molecule has 35 heavy (non-hydrogen) atoms. The molecular weight excluding hydrogens is 492 g/mol. The lowest BCUT2D eigenvalue weighted by molar-refractivity contribution is -0.153. The van der Waals surface area contributed by atoms with E-state index in [1.165, 1.54) is 37.7 Å². The predicted molar refractivity (Wildman–Crippen MR) is 125 cm³/mol. The van der Waals surface area contributed by atoms with Gasteiger partial charge in [0.15, 0.2) is 6.61 Å². The number of amides is 1. The van der Waals surface area contributed by atoms with E-state index in [2.05, 4.69) is 21.9 Å². The van der Waals surface area contributed by atoms with E-state index in [1.807, 2.05) is 0 Å². The van der Waals surface area contributed by atoms with Gasteiger partial charge < -0.3 is 19.7 Å². The highest BCUT2D eigenvalue weighted by atomic mass is 35.5. The molecule has 0 aliphatic rings. The van der Waals surface area contributed by atoms with E-state index in [1.54, 1.807) is 14.0 Å². The van der Waals surface area contributed by atoms with Crippen molar-refractivity contribution in [1.29, 1.82) is 0 Å². The maximum Gasteiger partial charge on any atom is 0.422 e. The molecule has 1 amide bonds. The molecule has 0 spiro atoms. The molecule has 0 fully saturated rings. The zero-order valence-corrected chi connectivity index (χ0v) is 20.5. The average molecular weight is 517 g/mol. The monoisotopic (exact) mass is 516 g/mol. The standard InChI is InChI=1S/C23H25ClF4N4O3/c1-7-12(2)18(19(24)29-5)31-20(33)14-8-15(25)13(9-17(14)35-11-23(26,27)28)16-10-32(6)21(30-16)22(3,4)34/h7-10,34H,1,11H2,2-6H3,(H,31,33)/b18-12+,29-19?. The highest BCUT2D eigenvalue weighted by molar-refractivity contribution is 6.69. The molecule has 0 radical (unpaired) electrons. The lowest BCUT2D eigenvalue weighted by Crippen LogP contribution is -2.28.